The van der Waals surface area contributed by atoms with E-state index in [1.165, 1.54) is 31.3 Å². The zero-order valence-electron chi connectivity index (χ0n) is 8.61. The van der Waals surface area contributed by atoms with Crippen LogP contribution in [0.5, 0.6) is 0 Å². The van der Waals surface area contributed by atoms with Crippen molar-refractivity contribution >= 4 is 8.07 Å². The first-order valence-corrected chi connectivity index (χ1v) is 8.47. The zero-order valence-corrected chi connectivity index (χ0v) is 9.61. The van der Waals surface area contributed by atoms with Gasteiger partial charge in [-0.1, -0.05) is 43.1 Å². The molecule has 1 aliphatic carbocycles. The molecule has 1 heteroatoms. The Labute approximate surface area is 77.4 Å². The van der Waals surface area contributed by atoms with Crippen molar-refractivity contribution in [2.45, 2.75) is 45.3 Å². The number of rotatable bonds is 1. The topological polar surface area (TPSA) is 0 Å². The molecule has 0 radical (unpaired) electrons. The van der Waals surface area contributed by atoms with Crippen molar-refractivity contribution in [1.82, 2.24) is 0 Å². The van der Waals surface area contributed by atoms with Crippen LogP contribution in [0.3, 0.4) is 0 Å². The van der Waals surface area contributed by atoms with E-state index in [1.54, 1.807) is 5.57 Å². The van der Waals surface area contributed by atoms with Crippen LogP contribution in [0.1, 0.15) is 25.7 Å². The summed E-state index contributed by atoms with van der Waals surface area (Å²) in [6, 6.07) is 0. The van der Waals surface area contributed by atoms with Gasteiger partial charge in [0.25, 0.3) is 0 Å². The van der Waals surface area contributed by atoms with Crippen LogP contribution in [0.4, 0.5) is 0 Å². The first-order valence-electron chi connectivity index (χ1n) is 4.89. The minimum atomic E-state index is -1.01. The zero-order chi connectivity index (χ0) is 9.19. The van der Waals surface area contributed by atoms with Gasteiger partial charge in [0.15, 0.2) is 0 Å². The Hall–Kier alpha value is -0.303. The Balaban J connectivity index is 2.72. The third-order valence-electron chi connectivity index (χ3n) is 2.24. The molecule has 0 amide bonds. The summed E-state index contributed by atoms with van der Waals surface area (Å²) < 4.78 is 0. The lowest BCUT2D eigenvalue weighted by Gasteiger charge is -2.20. The molecule has 1 rings (SSSR count). The summed E-state index contributed by atoms with van der Waals surface area (Å²) in [5.74, 6) is 0. The molecule has 0 spiro atoms. The lowest BCUT2D eigenvalue weighted by Crippen LogP contribution is -2.18. The minimum absolute atomic E-state index is 1.01. The van der Waals surface area contributed by atoms with Gasteiger partial charge in [0, 0.05) is 0 Å². The van der Waals surface area contributed by atoms with Crippen LogP contribution in [0.25, 0.3) is 0 Å². The van der Waals surface area contributed by atoms with Gasteiger partial charge in [-0.2, -0.15) is 0 Å². The summed E-state index contributed by atoms with van der Waals surface area (Å²) in [6.45, 7) is 11.3. The Bertz CT molecular complexity index is 206. The van der Waals surface area contributed by atoms with Crippen LogP contribution in [-0.2, 0) is 0 Å². The predicted octanol–water partition coefficient (Wildman–Crippen LogP) is 3.92. The molecule has 68 valence electrons. The SMILES string of the molecule is C=C1CCCC/C1=C\[Si](C)(C)C. The molecule has 0 aliphatic heterocycles. The van der Waals surface area contributed by atoms with Gasteiger partial charge in [-0.25, -0.2) is 0 Å². The fourth-order valence-electron chi connectivity index (χ4n) is 1.69. The van der Waals surface area contributed by atoms with Gasteiger partial charge in [-0.05, 0) is 25.7 Å². The lowest BCUT2D eigenvalue weighted by atomic mass is 9.92. The van der Waals surface area contributed by atoms with Crippen molar-refractivity contribution in [2.24, 2.45) is 0 Å². The molecule has 0 heterocycles. The van der Waals surface area contributed by atoms with Crippen LogP contribution in [0, 0.1) is 0 Å². The summed E-state index contributed by atoms with van der Waals surface area (Å²) in [5, 5.41) is 0. The number of hydrogen-bond acceptors (Lipinski definition) is 0. The lowest BCUT2D eigenvalue weighted by molar-refractivity contribution is 0.681. The highest BCUT2D eigenvalue weighted by molar-refractivity contribution is 6.81. The average molecular weight is 180 g/mol. The largest absolute Gasteiger partial charge is 0.0956 e. The maximum Gasteiger partial charge on any atom is 0.0690 e. The second-order valence-corrected chi connectivity index (χ2v) is 9.87. The molecule has 0 N–H and O–H groups in total. The van der Waals surface area contributed by atoms with Crippen molar-refractivity contribution in [3.63, 3.8) is 0 Å². The van der Waals surface area contributed by atoms with Gasteiger partial charge in [-0.15, -0.1) is 0 Å². The second kappa shape index (κ2) is 3.61. The van der Waals surface area contributed by atoms with Crippen LogP contribution >= 0.6 is 0 Å². The number of hydrogen-bond donors (Lipinski definition) is 0. The van der Waals surface area contributed by atoms with Gasteiger partial charge in [0.1, 0.15) is 0 Å². The number of allylic oxidation sites excluding steroid dienone is 2. The molecule has 0 aromatic carbocycles. The second-order valence-electron chi connectivity index (χ2n) is 4.85. The van der Waals surface area contributed by atoms with E-state index in [-0.39, 0.29) is 0 Å². The molecular formula is C11H20Si. The Kier molecular flexibility index (Phi) is 2.94. The third kappa shape index (κ3) is 2.98. The fourth-order valence-corrected chi connectivity index (χ4v) is 3.08. The van der Waals surface area contributed by atoms with Crippen molar-refractivity contribution in [3.8, 4) is 0 Å². The van der Waals surface area contributed by atoms with E-state index < -0.39 is 8.07 Å². The predicted molar refractivity (Wildman–Crippen MR) is 59.0 cm³/mol. The molecule has 1 saturated carbocycles. The molecule has 0 unspecified atom stereocenters. The quantitative estimate of drug-likeness (QED) is 0.537. The van der Waals surface area contributed by atoms with E-state index in [9.17, 15) is 0 Å². The summed E-state index contributed by atoms with van der Waals surface area (Å²) in [7, 11) is -1.01. The highest BCUT2D eigenvalue weighted by Gasteiger charge is 2.15. The summed E-state index contributed by atoms with van der Waals surface area (Å²) in [4.78, 5) is 0. The molecule has 0 nitrogen and oxygen atoms in total. The van der Waals surface area contributed by atoms with Crippen molar-refractivity contribution in [2.75, 3.05) is 0 Å². The first kappa shape index (κ1) is 9.78. The normalized spacial score (nSPS) is 23.2. The molecule has 12 heavy (non-hydrogen) atoms. The first-order chi connectivity index (χ1) is 5.49. The van der Waals surface area contributed by atoms with Crippen LogP contribution in [0.15, 0.2) is 23.4 Å². The van der Waals surface area contributed by atoms with Crippen LogP contribution < -0.4 is 0 Å². The Morgan fingerprint density at radius 2 is 1.75 bits per heavy atom. The van der Waals surface area contributed by atoms with E-state index in [4.69, 9.17) is 0 Å². The smallest absolute Gasteiger partial charge is 0.0690 e. The van der Waals surface area contributed by atoms with Crippen molar-refractivity contribution in [3.05, 3.63) is 23.4 Å². The van der Waals surface area contributed by atoms with E-state index >= 15 is 0 Å². The van der Waals surface area contributed by atoms with E-state index in [1.807, 2.05) is 0 Å². The summed E-state index contributed by atoms with van der Waals surface area (Å²) >= 11 is 0. The van der Waals surface area contributed by atoms with Crippen LogP contribution in [0.2, 0.25) is 19.6 Å². The van der Waals surface area contributed by atoms with Gasteiger partial charge in [0.2, 0.25) is 0 Å². The minimum Gasteiger partial charge on any atom is -0.0956 e. The van der Waals surface area contributed by atoms with Gasteiger partial charge < -0.3 is 0 Å². The Morgan fingerprint density at radius 1 is 1.17 bits per heavy atom. The molecular weight excluding hydrogens is 160 g/mol. The van der Waals surface area contributed by atoms with Crippen molar-refractivity contribution < 1.29 is 0 Å². The molecule has 0 saturated heterocycles. The monoisotopic (exact) mass is 180 g/mol. The highest BCUT2D eigenvalue weighted by atomic mass is 28.3. The highest BCUT2D eigenvalue weighted by Crippen LogP contribution is 2.28. The maximum absolute atomic E-state index is 4.13. The van der Waals surface area contributed by atoms with E-state index in [2.05, 4.69) is 31.9 Å². The molecule has 1 fully saturated rings. The molecule has 1 aliphatic rings. The standard InChI is InChI=1S/C11H20Si/c1-10-7-5-6-8-11(10)9-12(2,3)4/h9H,1,5-8H2,2-4H3/b11-9+. The molecule has 0 aromatic rings. The molecule has 0 atom stereocenters. The van der Waals surface area contributed by atoms with Crippen molar-refractivity contribution in [1.29, 1.82) is 0 Å². The van der Waals surface area contributed by atoms with Gasteiger partial charge in [0.05, 0.1) is 8.07 Å². The maximum atomic E-state index is 4.13. The van der Waals surface area contributed by atoms with Crippen LogP contribution in [-0.4, -0.2) is 8.07 Å². The van der Waals surface area contributed by atoms with E-state index in [0.29, 0.717) is 0 Å². The summed E-state index contributed by atoms with van der Waals surface area (Å²) in [5.41, 5.74) is 5.50. The fraction of sp³-hybridized carbons (Fsp3) is 0.636. The third-order valence-corrected chi connectivity index (χ3v) is 3.45. The van der Waals surface area contributed by atoms with E-state index in [0.717, 1.165) is 0 Å². The van der Waals surface area contributed by atoms with Gasteiger partial charge in [-0.3, -0.25) is 0 Å². The average Bonchev–Trinajstić information content (AvgIpc) is 1.91. The Morgan fingerprint density at radius 3 is 2.25 bits per heavy atom. The molecule has 0 bridgehead atoms. The summed E-state index contributed by atoms with van der Waals surface area (Å²) in [6.07, 6.45) is 5.23. The molecule has 0 aromatic heterocycles. The van der Waals surface area contributed by atoms with Gasteiger partial charge >= 0.3 is 0 Å².